The number of nitrogens with one attached hydrogen (secondary N) is 1. The van der Waals surface area contributed by atoms with Gasteiger partial charge in [-0.25, -0.2) is 0 Å². The van der Waals surface area contributed by atoms with Crippen molar-refractivity contribution in [1.29, 1.82) is 0 Å². The number of rotatable bonds is 6. The predicted octanol–water partition coefficient (Wildman–Crippen LogP) is 2.62. The number of hydrogen-bond acceptors (Lipinski definition) is 3. The molecule has 0 fully saturated rings. The molecule has 0 aromatic heterocycles. The largest absolute Gasteiger partial charge is 0.388 e. The van der Waals surface area contributed by atoms with Crippen LogP contribution in [-0.2, 0) is 4.74 Å². The molecule has 0 bridgehead atoms. The lowest BCUT2D eigenvalue weighted by Crippen LogP contribution is -2.41. The third-order valence-corrected chi connectivity index (χ3v) is 3.54. The molecule has 0 radical (unpaired) electrons. The Morgan fingerprint density at radius 1 is 1.58 bits per heavy atom. The van der Waals surface area contributed by atoms with Gasteiger partial charge in [0.25, 0.3) is 5.91 Å². The Hall–Kier alpha value is -0.620. The summed E-state index contributed by atoms with van der Waals surface area (Å²) in [6.45, 7) is 2.25. The maximum Gasteiger partial charge on any atom is 0.252 e. The lowest BCUT2D eigenvalue weighted by molar-refractivity contribution is 0.0243. The van der Waals surface area contributed by atoms with Gasteiger partial charge in [-0.15, -0.1) is 0 Å². The Balaban J connectivity index is 2.60. The number of methoxy groups -OCH3 is 1. The van der Waals surface area contributed by atoms with E-state index >= 15 is 0 Å². The Labute approximate surface area is 126 Å². The highest BCUT2D eigenvalue weighted by molar-refractivity contribution is 9.10. The summed E-state index contributed by atoms with van der Waals surface area (Å²) in [7, 11) is 1.57. The molecule has 1 aromatic carbocycles. The van der Waals surface area contributed by atoms with Gasteiger partial charge < -0.3 is 15.2 Å². The average Bonchev–Trinajstić information content (AvgIpc) is 2.34. The minimum Gasteiger partial charge on any atom is -0.388 e. The molecule has 19 heavy (non-hydrogen) atoms. The number of benzene rings is 1. The summed E-state index contributed by atoms with van der Waals surface area (Å²) in [4.78, 5) is 12.0. The lowest BCUT2D eigenvalue weighted by Gasteiger charge is -2.23. The van der Waals surface area contributed by atoms with Crippen LogP contribution in [0.15, 0.2) is 22.7 Å². The van der Waals surface area contributed by atoms with E-state index in [4.69, 9.17) is 16.3 Å². The molecule has 4 nitrogen and oxygen atoms in total. The normalized spacial score (nSPS) is 13.9. The molecule has 106 valence electrons. The first kappa shape index (κ1) is 16.4. The number of carbonyl (C=O) groups excluding carboxylic acids is 1. The Bertz CT molecular complexity index is 452. The number of amides is 1. The van der Waals surface area contributed by atoms with E-state index in [0.29, 0.717) is 28.1 Å². The van der Waals surface area contributed by atoms with Crippen molar-refractivity contribution >= 4 is 33.4 Å². The second kappa shape index (κ2) is 7.24. The van der Waals surface area contributed by atoms with Crippen molar-refractivity contribution in [2.24, 2.45) is 0 Å². The van der Waals surface area contributed by atoms with Crippen LogP contribution in [0.3, 0.4) is 0 Å². The van der Waals surface area contributed by atoms with Crippen molar-refractivity contribution < 1.29 is 14.6 Å². The van der Waals surface area contributed by atoms with Crippen LogP contribution in [0.4, 0.5) is 0 Å². The molecule has 6 heteroatoms. The molecule has 0 aliphatic heterocycles. The van der Waals surface area contributed by atoms with Gasteiger partial charge in [0.2, 0.25) is 0 Å². The summed E-state index contributed by atoms with van der Waals surface area (Å²) in [5, 5.41) is 13.3. The highest BCUT2D eigenvalue weighted by Crippen LogP contribution is 2.21. The molecule has 1 aromatic rings. The molecule has 0 aliphatic rings. The molecule has 0 heterocycles. The molecule has 1 atom stereocenters. The summed E-state index contributed by atoms with van der Waals surface area (Å²) in [6, 6.07) is 4.93. The van der Waals surface area contributed by atoms with Gasteiger partial charge in [-0.05, 0) is 41.1 Å². The van der Waals surface area contributed by atoms with Gasteiger partial charge in [0.15, 0.2) is 0 Å². The molecule has 0 saturated carbocycles. The smallest absolute Gasteiger partial charge is 0.252 e. The topological polar surface area (TPSA) is 58.6 Å². The van der Waals surface area contributed by atoms with Crippen LogP contribution in [0, 0.1) is 0 Å². The molecule has 1 rings (SSSR count). The van der Waals surface area contributed by atoms with Crippen molar-refractivity contribution in [1.82, 2.24) is 5.32 Å². The number of hydrogen-bond donors (Lipinski definition) is 2. The van der Waals surface area contributed by atoms with E-state index in [1.807, 2.05) is 0 Å². The fourth-order valence-corrected chi connectivity index (χ4v) is 2.31. The molecule has 0 aliphatic carbocycles. The zero-order chi connectivity index (χ0) is 14.5. The van der Waals surface area contributed by atoms with Crippen LogP contribution >= 0.6 is 27.5 Å². The third-order valence-electron chi connectivity index (χ3n) is 2.65. The maximum absolute atomic E-state index is 12.0. The highest BCUT2D eigenvalue weighted by atomic mass is 79.9. The van der Waals surface area contributed by atoms with Gasteiger partial charge in [0.1, 0.15) is 0 Å². The quantitative estimate of drug-likeness (QED) is 0.829. The summed E-state index contributed by atoms with van der Waals surface area (Å²) in [5.74, 6) is -0.263. The summed E-state index contributed by atoms with van der Waals surface area (Å²) < 4.78 is 5.53. The Morgan fingerprint density at radius 3 is 2.84 bits per heavy atom. The SMILES string of the molecule is COCCC(C)(O)CNC(=O)c1ccc(Cl)cc1Br. The van der Waals surface area contributed by atoms with E-state index in [0.717, 1.165) is 0 Å². The van der Waals surface area contributed by atoms with Crippen molar-refractivity contribution in [3.05, 3.63) is 33.3 Å². The van der Waals surface area contributed by atoms with Gasteiger partial charge in [0.05, 0.1) is 11.2 Å². The molecular weight excluding hydrogens is 334 g/mol. The van der Waals surface area contributed by atoms with Crippen molar-refractivity contribution in [2.45, 2.75) is 18.9 Å². The van der Waals surface area contributed by atoms with E-state index in [9.17, 15) is 9.90 Å². The highest BCUT2D eigenvalue weighted by Gasteiger charge is 2.21. The maximum atomic E-state index is 12.0. The number of halogens is 2. The van der Waals surface area contributed by atoms with E-state index in [-0.39, 0.29) is 12.5 Å². The molecule has 1 unspecified atom stereocenters. The number of ether oxygens (including phenoxy) is 1. The number of carbonyl (C=O) groups is 1. The Kier molecular flexibility index (Phi) is 6.26. The van der Waals surface area contributed by atoms with Crippen LogP contribution in [0.1, 0.15) is 23.7 Å². The van der Waals surface area contributed by atoms with Gasteiger partial charge >= 0.3 is 0 Å². The molecule has 0 spiro atoms. The monoisotopic (exact) mass is 349 g/mol. The summed E-state index contributed by atoms with van der Waals surface area (Å²) in [5.41, 5.74) is -0.517. The van der Waals surface area contributed by atoms with Crippen molar-refractivity contribution in [3.63, 3.8) is 0 Å². The first-order chi connectivity index (χ1) is 8.85. The Morgan fingerprint density at radius 2 is 2.26 bits per heavy atom. The van der Waals surface area contributed by atoms with Gasteiger partial charge in [-0.2, -0.15) is 0 Å². The lowest BCUT2D eigenvalue weighted by atomic mass is 10.0. The average molecular weight is 351 g/mol. The first-order valence-corrected chi connectivity index (χ1v) is 6.97. The van der Waals surface area contributed by atoms with E-state index in [1.54, 1.807) is 32.2 Å². The van der Waals surface area contributed by atoms with Crippen LogP contribution in [-0.4, -0.2) is 36.9 Å². The van der Waals surface area contributed by atoms with Crippen LogP contribution in [0.5, 0.6) is 0 Å². The molecule has 2 N–H and O–H groups in total. The second-order valence-corrected chi connectivity index (χ2v) is 5.84. The standard InChI is InChI=1S/C13H17BrClNO3/c1-13(18,5-6-19-2)8-16-12(17)10-4-3-9(15)7-11(10)14/h3-4,7,18H,5-6,8H2,1-2H3,(H,16,17). The predicted molar refractivity (Wildman–Crippen MR) is 78.6 cm³/mol. The fourth-order valence-electron chi connectivity index (χ4n) is 1.45. The van der Waals surface area contributed by atoms with E-state index < -0.39 is 5.60 Å². The first-order valence-electron chi connectivity index (χ1n) is 5.80. The van der Waals surface area contributed by atoms with Crippen molar-refractivity contribution in [3.8, 4) is 0 Å². The molecular formula is C13H17BrClNO3. The second-order valence-electron chi connectivity index (χ2n) is 4.55. The van der Waals surface area contributed by atoms with E-state index in [2.05, 4.69) is 21.2 Å². The van der Waals surface area contributed by atoms with Gasteiger partial charge in [-0.3, -0.25) is 4.79 Å². The number of aliphatic hydroxyl groups is 1. The van der Waals surface area contributed by atoms with Crippen LogP contribution < -0.4 is 5.32 Å². The minimum absolute atomic E-state index is 0.157. The van der Waals surface area contributed by atoms with Gasteiger partial charge in [-0.1, -0.05) is 11.6 Å². The zero-order valence-electron chi connectivity index (χ0n) is 10.9. The summed E-state index contributed by atoms with van der Waals surface area (Å²) in [6.07, 6.45) is 0.450. The fraction of sp³-hybridized carbons (Fsp3) is 0.462. The summed E-state index contributed by atoms with van der Waals surface area (Å²) >= 11 is 9.10. The minimum atomic E-state index is -0.995. The molecule has 1 amide bonds. The van der Waals surface area contributed by atoms with Crippen LogP contribution in [0.2, 0.25) is 5.02 Å². The molecule has 0 saturated heterocycles. The zero-order valence-corrected chi connectivity index (χ0v) is 13.2. The van der Waals surface area contributed by atoms with E-state index in [1.165, 1.54) is 0 Å². The van der Waals surface area contributed by atoms with Crippen molar-refractivity contribution in [2.75, 3.05) is 20.3 Å². The third kappa shape index (κ3) is 5.48. The van der Waals surface area contributed by atoms with Crippen LogP contribution in [0.25, 0.3) is 0 Å². The van der Waals surface area contributed by atoms with Gasteiger partial charge in [0, 0.05) is 36.2 Å².